The number of hydrogen-bond acceptors (Lipinski definition) is 1. The zero-order chi connectivity index (χ0) is 21.2. The average Bonchev–Trinajstić information content (AvgIpc) is 2.77. The number of aryl methyl sites for hydroxylation is 2. The largest absolute Gasteiger partial charge is 0.256 e. The molecule has 29 heavy (non-hydrogen) atoms. The van der Waals surface area contributed by atoms with E-state index in [9.17, 15) is 0 Å². The van der Waals surface area contributed by atoms with Gasteiger partial charge in [0.2, 0.25) is 0 Å². The second kappa shape index (κ2) is 6.29. The Morgan fingerprint density at radius 2 is 1.28 bits per heavy atom. The van der Waals surface area contributed by atoms with Gasteiger partial charge in [-0.3, -0.25) is 4.98 Å². The van der Waals surface area contributed by atoms with E-state index in [1.165, 1.54) is 38.9 Å². The molecular weight excluding hydrogens is 350 g/mol. The van der Waals surface area contributed by atoms with Crippen LogP contribution in [0.3, 0.4) is 0 Å². The van der Waals surface area contributed by atoms with Crippen LogP contribution < -0.4 is 0 Å². The first-order chi connectivity index (χ1) is 13.5. The van der Waals surface area contributed by atoms with Gasteiger partial charge in [-0.15, -0.1) is 0 Å². The molecule has 1 nitrogen and oxygen atoms in total. The van der Waals surface area contributed by atoms with Crippen LogP contribution in [0.25, 0.3) is 22.4 Å². The summed E-state index contributed by atoms with van der Waals surface area (Å²) in [5.74, 6) is 0. The van der Waals surface area contributed by atoms with Crippen LogP contribution >= 0.6 is 0 Å². The van der Waals surface area contributed by atoms with Gasteiger partial charge < -0.3 is 0 Å². The summed E-state index contributed by atoms with van der Waals surface area (Å²) >= 11 is 0. The Morgan fingerprint density at radius 3 is 1.93 bits per heavy atom. The average molecular weight is 384 g/mol. The first kappa shape index (κ1) is 19.9. The maximum atomic E-state index is 4.74. The van der Waals surface area contributed by atoms with Crippen molar-refractivity contribution >= 4 is 0 Å². The van der Waals surface area contributed by atoms with Gasteiger partial charge in [-0.1, -0.05) is 71.9 Å². The van der Waals surface area contributed by atoms with Crippen molar-refractivity contribution in [1.29, 1.82) is 0 Å². The molecule has 4 rings (SSSR count). The number of benzene rings is 2. The normalized spacial score (nSPS) is 18.5. The van der Waals surface area contributed by atoms with Crippen molar-refractivity contribution in [2.45, 2.75) is 66.2 Å². The molecule has 1 aliphatic rings. The van der Waals surface area contributed by atoms with E-state index in [-0.39, 0.29) is 16.2 Å². The van der Waals surface area contributed by atoms with Crippen LogP contribution in [0.2, 0.25) is 0 Å². The third-order valence-corrected chi connectivity index (χ3v) is 8.32. The predicted octanol–water partition coefficient (Wildman–Crippen LogP) is 7.63. The maximum Gasteiger partial charge on any atom is 0.0708 e. The lowest BCUT2D eigenvalue weighted by atomic mass is 9.59. The Labute approximate surface area is 176 Å². The third-order valence-electron chi connectivity index (χ3n) is 8.32. The monoisotopic (exact) mass is 383 g/mol. The summed E-state index contributed by atoms with van der Waals surface area (Å²) in [4.78, 5) is 4.74. The van der Waals surface area contributed by atoms with Crippen LogP contribution in [0.4, 0.5) is 0 Å². The summed E-state index contributed by atoms with van der Waals surface area (Å²) in [7, 11) is 0. The lowest BCUT2D eigenvalue weighted by molar-refractivity contribution is 0.125. The van der Waals surface area contributed by atoms with Gasteiger partial charge in [0.25, 0.3) is 0 Å². The zero-order valence-electron chi connectivity index (χ0n) is 19.1. The Hall–Kier alpha value is -2.41. The van der Waals surface area contributed by atoms with E-state index >= 15 is 0 Å². The van der Waals surface area contributed by atoms with Crippen molar-refractivity contribution in [3.63, 3.8) is 0 Å². The molecule has 0 amide bonds. The van der Waals surface area contributed by atoms with Crippen LogP contribution in [-0.2, 0) is 10.8 Å². The lowest BCUT2D eigenvalue weighted by Gasteiger charge is -2.44. The van der Waals surface area contributed by atoms with Gasteiger partial charge in [0.05, 0.1) is 5.69 Å². The number of pyridine rings is 1. The van der Waals surface area contributed by atoms with Crippen LogP contribution in [-0.4, -0.2) is 4.98 Å². The summed E-state index contributed by atoms with van der Waals surface area (Å²) in [6, 6.07) is 17.9. The van der Waals surface area contributed by atoms with E-state index in [1.807, 2.05) is 6.20 Å². The van der Waals surface area contributed by atoms with Crippen LogP contribution in [0.5, 0.6) is 0 Å². The summed E-state index contributed by atoms with van der Waals surface area (Å²) in [6.45, 7) is 18.8. The van der Waals surface area contributed by atoms with E-state index in [0.717, 1.165) is 5.69 Å². The second-order valence-corrected chi connectivity index (χ2v) is 10.3. The second-order valence-electron chi connectivity index (χ2n) is 10.3. The fraction of sp³-hybridized carbons (Fsp3) is 0.393. The summed E-state index contributed by atoms with van der Waals surface area (Å²) in [5, 5.41) is 0. The minimum Gasteiger partial charge on any atom is -0.256 e. The van der Waals surface area contributed by atoms with Crippen molar-refractivity contribution in [3.05, 3.63) is 77.0 Å². The van der Waals surface area contributed by atoms with Gasteiger partial charge in [-0.05, 0) is 81.7 Å². The smallest absolute Gasteiger partial charge is 0.0708 e. The highest BCUT2D eigenvalue weighted by molar-refractivity contribution is 5.75. The zero-order valence-corrected chi connectivity index (χ0v) is 19.1. The molecule has 0 saturated heterocycles. The molecule has 0 spiro atoms. The van der Waals surface area contributed by atoms with Crippen molar-refractivity contribution < 1.29 is 0 Å². The van der Waals surface area contributed by atoms with E-state index in [2.05, 4.69) is 104 Å². The van der Waals surface area contributed by atoms with E-state index in [0.29, 0.717) is 0 Å². The minimum absolute atomic E-state index is 0.103. The molecule has 0 N–H and O–H groups in total. The molecule has 0 unspecified atom stereocenters. The summed E-state index contributed by atoms with van der Waals surface area (Å²) in [6.07, 6.45) is 1.95. The molecule has 1 heterocycles. The Morgan fingerprint density at radius 1 is 0.655 bits per heavy atom. The van der Waals surface area contributed by atoms with Crippen LogP contribution in [0, 0.1) is 19.3 Å². The van der Waals surface area contributed by atoms with Gasteiger partial charge in [0.15, 0.2) is 0 Å². The molecule has 0 fully saturated rings. The lowest BCUT2D eigenvalue weighted by Crippen LogP contribution is -2.42. The van der Waals surface area contributed by atoms with E-state index in [4.69, 9.17) is 4.98 Å². The quantitative estimate of drug-likeness (QED) is 0.443. The van der Waals surface area contributed by atoms with Crippen LogP contribution in [0.15, 0.2) is 54.7 Å². The molecule has 0 saturated carbocycles. The van der Waals surface area contributed by atoms with Gasteiger partial charge >= 0.3 is 0 Å². The van der Waals surface area contributed by atoms with Crippen molar-refractivity contribution in [1.82, 2.24) is 4.98 Å². The molecule has 0 aliphatic heterocycles. The number of rotatable bonds is 2. The summed E-state index contributed by atoms with van der Waals surface area (Å²) < 4.78 is 0. The molecule has 1 aromatic heterocycles. The number of aromatic nitrogens is 1. The molecule has 0 atom stereocenters. The van der Waals surface area contributed by atoms with Crippen molar-refractivity contribution in [2.75, 3.05) is 0 Å². The Balaban J connectivity index is 1.86. The topological polar surface area (TPSA) is 12.9 Å². The highest BCUT2D eigenvalue weighted by atomic mass is 14.7. The Bertz CT molecular complexity index is 1080. The first-order valence-electron chi connectivity index (χ1n) is 10.7. The van der Waals surface area contributed by atoms with E-state index < -0.39 is 0 Å². The molecule has 3 aromatic rings. The molecular formula is C28H33N. The van der Waals surface area contributed by atoms with Crippen molar-refractivity contribution in [2.24, 2.45) is 5.41 Å². The maximum absolute atomic E-state index is 4.74. The SMILES string of the molecule is Cc1cccc(C)c1-c1ccnc(-c2ccc3c(c2)C(C)(C)C(C)(C)C3(C)C)c1. The molecule has 150 valence electrons. The minimum atomic E-state index is 0.103. The fourth-order valence-corrected chi connectivity index (χ4v) is 5.23. The fourth-order valence-electron chi connectivity index (χ4n) is 5.23. The molecule has 1 aliphatic carbocycles. The predicted molar refractivity (Wildman–Crippen MR) is 124 cm³/mol. The molecule has 0 bridgehead atoms. The van der Waals surface area contributed by atoms with Crippen molar-refractivity contribution in [3.8, 4) is 22.4 Å². The van der Waals surface area contributed by atoms with Gasteiger partial charge in [0.1, 0.15) is 0 Å². The van der Waals surface area contributed by atoms with Gasteiger partial charge in [0, 0.05) is 11.8 Å². The highest BCUT2D eigenvalue weighted by Gasteiger charge is 2.56. The highest BCUT2D eigenvalue weighted by Crippen LogP contribution is 2.61. The van der Waals surface area contributed by atoms with Gasteiger partial charge in [-0.25, -0.2) is 0 Å². The number of hydrogen-bond donors (Lipinski definition) is 0. The number of fused-ring (bicyclic) bond motifs is 1. The summed E-state index contributed by atoms with van der Waals surface area (Å²) in [5.41, 5.74) is 10.8. The number of nitrogens with zero attached hydrogens (tertiary/aromatic N) is 1. The third kappa shape index (κ3) is 2.70. The molecule has 0 radical (unpaired) electrons. The van der Waals surface area contributed by atoms with E-state index in [1.54, 1.807) is 0 Å². The Kier molecular flexibility index (Phi) is 4.31. The molecule has 2 aromatic carbocycles. The van der Waals surface area contributed by atoms with Crippen LogP contribution in [0.1, 0.15) is 63.8 Å². The first-order valence-corrected chi connectivity index (χ1v) is 10.7. The standard InChI is InChI=1S/C28H33N/c1-18-10-9-11-19(2)25(18)21-14-15-29-24(17-21)20-12-13-22-23(16-20)27(5,6)28(7,8)26(22,3)4/h9-17H,1-8H3. The van der Waals surface area contributed by atoms with Gasteiger partial charge in [-0.2, -0.15) is 0 Å². The molecule has 1 heteroatoms.